The monoisotopic (exact) mass is 356 g/mol. The number of carboxylic acid groups (broad SMARTS) is 1. The zero-order valence-corrected chi connectivity index (χ0v) is 14.1. The Morgan fingerprint density at radius 3 is 2.62 bits per heavy atom. The summed E-state index contributed by atoms with van der Waals surface area (Å²) in [5.41, 5.74) is 1.64. The summed E-state index contributed by atoms with van der Waals surface area (Å²) >= 11 is 0. The highest BCUT2D eigenvalue weighted by molar-refractivity contribution is 5.94. The van der Waals surface area contributed by atoms with E-state index in [9.17, 15) is 14.7 Å². The lowest BCUT2D eigenvalue weighted by molar-refractivity contribution is -0.141. The number of carboxylic acids is 1. The number of carbonyl (C=O) groups is 2. The second-order valence-electron chi connectivity index (χ2n) is 5.90. The molecule has 3 N–H and O–H groups in total. The summed E-state index contributed by atoms with van der Waals surface area (Å²) in [4.78, 5) is 23.6. The number of benzene rings is 2. The first-order chi connectivity index (χ1) is 12.6. The molecule has 1 aliphatic rings. The smallest absolute Gasteiger partial charge is 0.321 e. The molecular weight excluding hydrogens is 336 g/mol. The maximum absolute atomic E-state index is 12.2. The van der Waals surface area contributed by atoms with Crippen molar-refractivity contribution < 1.29 is 24.2 Å². The minimum Gasteiger partial charge on any atom is -0.480 e. The molecule has 26 heavy (non-hydrogen) atoms. The Labute approximate surface area is 150 Å². The lowest BCUT2D eigenvalue weighted by Crippen LogP contribution is -2.40. The van der Waals surface area contributed by atoms with E-state index < -0.39 is 12.0 Å². The second-order valence-corrected chi connectivity index (χ2v) is 5.90. The summed E-state index contributed by atoms with van der Waals surface area (Å²) in [5.74, 6) is -0.269. The van der Waals surface area contributed by atoms with Gasteiger partial charge in [0.25, 0.3) is 0 Å². The molecule has 136 valence electrons. The summed E-state index contributed by atoms with van der Waals surface area (Å²) in [6.07, 6.45) is 0.521. The summed E-state index contributed by atoms with van der Waals surface area (Å²) in [6.45, 7) is 0.622. The molecule has 7 nitrogen and oxygen atoms in total. The van der Waals surface area contributed by atoms with Crippen LogP contribution in [-0.4, -0.2) is 36.4 Å². The van der Waals surface area contributed by atoms with Crippen molar-refractivity contribution in [3.8, 4) is 11.5 Å². The largest absolute Gasteiger partial charge is 0.480 e. The Balaban J connectivity index is 1.50. The van der Waals surface area contributed by atoms with Crippen molar-refractivity contribution in [3.63, 3.8) is 0 Å². The van der Waals surface area contributed by atoms with Crippen LogP contribution in [-0.2, 0) is 16.0 Å². The van der Waals surface area contributed by atoms with Gasteiger partial charge >= 0.3 is 5.97 Å². The first-order valence-electron chi connectivity index (χ1n) is 8.31. The van der Waals surface area contributed by atoms with E-state index in [1.165, 1.54) is 0 Å². The minimum atomic E-state index is -1.06. The van der Waals surface area contributed by atoms with Gasteiger partial charge in [-0.3, -0.25) is 9.59 Å². The predicted octanol–water partition coefficient (Wildman–Crippen LogP) is 2.03. The average molecular weight is 356 g/mol. The maximum Gasteiger partial charge on any atom is 0.321 e. The van der Waals surface area contributed by atoms with Gasteiger partial charge in [0.15, 0.2) is 11.5 Å². The summed E-state index contributed by atoms with van der Waals surface area (Å²) < 4.78 is 10.5. The first-order valence-corrected chi connectivity index (χ1v) is 8.31. The van der Waals surface area contributed by atoms with Crippen LogP contribution in [0, 0.1) is 0 Å². The molecule has 2 aromatic rings. The Morgan fingerprint density at radius 1 is 1.08 bits per heavy atom. The van der Waals surface area contributed by atoms with Gasteiger partial charge in [0.05, 0.1) is 6.42 Å². The molecule has 7 heteroatoms. The van der Waals surface area contributed by atoms with Crippen molar-refractivity contribution in [1.29, 1.82) is 0 Å². The number of fused-ring (bicyclic) bond motifs is 1. The third-order valence-corrected chi connectivity index (χ3v) is 3.99. The van der Waals surface area contributed by atoms with Crippen LogP contribution in [0.1, 0.15) is 12.0 Å². The van der Waals surface area contributed by atoms with Crippen LogP contribution >= 0.6 is 0 Å². The van der Waals surface area contributed by atoms with Crippen LogP contribution < -0.4 is 20.1 Å². The number of anilines is 1. The normalized spacial score (nSPS) is 13.2. The summed E-state index contributed by atoms with van der Waals surface area (Å²) in [6, 6.07) is 13.8. The number of aliphatic carboxylic acids is 1. The number of amides is 1. The number of carbonyl (C=O) groups excluding carboxylic acids is 1. The van der Waals surface area contributed by atoms with E-state index in [2.05, 4.69) is 10.6 Å². The predicted molar refractivity (Wildman–Crippen MR) is 95.4 cm³/mol. The van der Waals surface area contributed by atoms with Gasteiger partial charge in [-0.15, -0.1) is 0 Å². The quantitative estimate of drug-likeness (QED) is 0.670. The molecule has 1 atom stereocenters. The molecular formula is C19H20N2O5. The van der Waals surface area contributed by atoms with E-state index in [0.29, 0.717) is 30.2 Å². The zero-order valence-electron chi connectivity index (χ0n) is 14.1. The van der Waals surface area contributed by atoms with Crippen molar-refractivity contribution in [2.24, 2.45) is 0 Å². The average Bonchev–Trinajstić information content (AvgIpc) is 3.09. The van der Waals surface area contributed by atoms with E-state index >= 15 is 0 Å². The van der Waals surface area contributed by atoms with E-state index in [1.807, 2.05) is 30.3 Å². The van der Waals surface area contributed by atoms with Crippen LogP contribution in [0.3, 0.4) is 0 Å². The van der Waals surface area contributed by atoms with Crippen LogP contribution in [0.25, 0.3) is 0 Å². The number of rotatable bonds is 8. The van der Waals surface area contributed by atoms with E-state index in [1.54, 1.807) is 18.2 Å². The van der Waals surface area contributed by atoms with Crippen molar-refractivity contribution in [2.75, 3.05) is 18.7 Å². The molecule has 2 aromatic carbocycles. The molecule has 0 spiro atoms. The highest BCUT2D eigenvalue weighted by Gasteiger charge is 2.21. The van der Waals surface area contributed by atoms with Crippen LogP contribution in [0.5, 0.6) is 11.5 Å². The molecule has 0 bridgehead atoms. The van der Waals surface area contributed by atoms with Gasteiger partial charge < -0.3 is 25.2 Å². The SMILES string of the molecule is O=C(CC(NCCc1ccccc1)C(=O)O)Nc1ccc2c(c1)OCO2. The van der Waals surface area contributed by atoms with Crippen LogP contribution in [0.4, 0.5) is 5.69 Å². The first kappa shape index (κ1) is 17.8. The molecule has 0 saturated heterocycles. The van der Waals surface area contributed by atoms with Crippen molar-refractivity contribution in [2.45, 2.75) is 18.9 Å². The Hall–Kier alpha value is -3.06. The fourth-order valence-corrected chi connectivity index (χ4v) is 2.65. The molecule has 0 aromatic heterocycles. The number of nitrogens with one attached hydrogen (secondary N) is 2. The van der Waals surface area contributed by atoms with E-state index in [-0.39, 0.29) is 19.1 Å². The number of hydrogen-bond donors (Lipinski definition) is 3. The zero-order chi connectivity index (χ0) is 18.4. The number of hydrogen-bond acceptors (Lipinski definition) is 5. The van der Waals surface area contributed by atoms with Gasteiger partial charge in [-0.1, -0.05) is 30.3 Å². The van der Waals surface area contributed by atoms with Gasteiger partial charge in [0.1, 0.15) is 6.04 Å². The molecule has 3 rings (SSSR count). The van der Waals surface area contributed by atoms with Gasteiger partial charge in [0.2, 0.25) is 12.7 Å². The molecule has 1 heterocycles. The van der Waals surface area contributed by atoms with Crippen LogP contribution in [0.15, 0.2) is 48.5 Å². The van der Waals surface area contributed by atoms with E-state index in [0.717, 1.165) is 5.56 Å². The third kappa shape index (κ3) is 4.73. The molecule has 1 unspecified atom stereocenters. The van der Waals surface area contributed by atoms with Gasteiger partial charge in [-0.2, -0.15) is 0 Å². The van der Waals surface area contributed by atoms with Gasteiger partial charge in [-0.05, 0) is 30.7 Å². The fourth-order valence-electron chi connectivity index (χ4n) is 2.65. The summed E-state index contributed by atoms with van der Waals surface area (Å²) in [7, 11) is 0. The summed E-state index contributed by atoms with van der Waals surface area (Å²) in [5, 5.41) is 14.9. The lowest BCUT2D eigenvalue weighted by Gasteiger charge is -2.14. The highest BCUT2D eigenvalue weighted by atomic mass is 16.7. The van der Waals surface area contributed by atoms with Gasteiger partial charge in [0, 0.05) is 11.8 Å². The molecule has 0 fully saturated rings. The molecule has 1 aliphatic heterocycles. The van der Waals surface area contributed by atoms with Crippen LogP contribution in [0.2, 0.25) is 0 Å². The molecule has 0 aliphatic carbocycles. The van der Waals surface area contributed by atoms with E-state index in [4.69, 9.17) is 9.47 Å². The number of ether oxygens (including phenoxy) is 2. The molecule has 1 amide bonds. The minimum absolute atomic E-state index is 0.152. The molecule has 0 saturated carbocycles. The topological polar surface area (TPSA) is 96.9 Å². The fraction of sp³-hybridized carbons (Fsp3) is 0.263. The third-order valence-electron chi connectivity index (χ3n) is 3.99. The Bertz CT molecular complexity index is 779. The van der Waals surface area contributed by atoms with Gasteiger partial charge in [-0.25, -0.2) is 0 Å². The van der Waals surface area contributed by atoms with Crippen molar-refractivity contribution in [1.82, 2.24) is 5.32 Å². The standard InChI is InChI=1S/C19H20N2O5/c22-18(21-14-6-7-16-17(10-14)26-12-25-16)11-15(19(23)24)20-9-8-13-4-2-1-3-5-13/h1-7,10,15,20H,8-9,11-12H2,(H,21,22)(H,23,24). The Kier molecular flexibility index (Phi) is 5.70. The van der Waals surface area contributed by atoms with Crippen molar-refractivity contribution in [3.05, 3.63) is 54.1 Å². The van der Waals surface area contributed by atoms with Crippen molar-refractivity contribution >= 4 is 17.6 Å². The Morgan fingerprint density at radius 2 is 1.85 bits per heavy atom. The lowest BCUT2D eigenvalue weighted by atomic mass is 10.1. The highest BCUT2D eigenvalue weighted by Crippen LogP contribution is 2.34. The second kappa shape index (κ2) is 8.35. The molecule has 0 radical (unpaired) electrons. The maximum atomic E-state index is 12.2.